The van der Waals surface area contributed by atoms with Gasteiger partial charge in [-0.1, -0.05) is 20.8 Å². The molecule has 4 rings (SSSR count). The highest BCUT2D eigenvalue weighted by Crippen LogP contribution is 2.66. The average Bonchev–Trinajstić information content (AvgIpc) is 2.77. The van der Waals surface area contributed by atoms with E-state index in [0.29, 0.717) is 34.7 Å². The minimum absolute atomic E-state index is 0.0247. The molecule has 22 heavy (non-hydrogen) atoms. The monoisotopic (exact) mass is 302 g/mol. The first kappa shape index (κ1) is 14.9. The molecule has 0 aromatic heterocycles. The van der Waals surface area contributed by atoms with E-state index in [1.54, 1.807) is 0 Å². The van der Waals surface area contributed by atoms with Gasteiger partial charge in [0.2, 0.25) is 0 Å². The fourth-order valence-corrected chi connectivity index (χ4v) is 7.20. The van der Waals surface area contributed by atoms with E-state index in [-0.39, 0.29) is 5.41 Å². The maximum atomic E-state index is 12.5. The first-order valence-corrected chi connectivity index (χ1v) is 9.41. The third kappa shape index (κ3) is 1.79. The Labute approximate surface area is 134 Å². The van der Waals surface area contributed by atoms with Crippen molar-refractivity contribution in [3.63, 3.8) is 0 Å². The van der Waals surface area contributed by atoms with Crippen LogP contribution in [0.3, 0.4) is 0 Å². The second-order valence-electron chi connectivity index (χ2n) is 9.37. The zero-order valence-electron chi connectivity index (χ0n) is 14.4. The number of hydrogen-bond acceptors (Lipinski definition) is 2. The van der Waals surface area contributed by atoms with Crippen molar-refractivity contribution in [3.8, 4) is 0 Å². The van der Waals surface area contributed by atoms with E-state index >= 15 is 0 Å². The molecule has 4 aliphatic rings. The molecule has 4 saturated carbocycles. The van der Waals surface area contributed by atoms with Crippen molar-refractivity contribution in [2.75, 3.05) is 0 Å². The molecule has 0 heterocycles. The Balaban J connectivity index is 1.70. The predicted octanol–water partition coefficient (Wildman–Crippen LogP) is 4.41. The first-order chi connectivity index (χ1) is 10.4. The van der Waals surface area contributed by atoms with Gasteiger partial charge in [0.15, 0.2) is 0 Å². The highest BCUT2D eigenvalue weighted by molar-refractivity contribution is 5.87. The van der Waals surface area contributed by atoms with E-state index in [9.17, 15) is 9.59 Å². The van der Waals surface area contributed by atoms with Gasteiger partial charge in [0.05, 0.1) is 0 Å². The summed E-state index contributed by atoms with van der Waals surface area (Å²) in [5, 5.41) is 0. The van der Waals surface area contributed by atoms with Gasteiger partial charge < -0.3 is 0 Å². The van der Waals surface area contributed by atoms with Crippen LogP contribution in [0.4, 0.5) is 0 Å². The number of Topliss-reactive ketones (excluding diaryl/α,β-unsaturated/α-hetero) is 2. The van der Waals surface area contributed by atoms with Crippen LogP contribution in [0.1, 0.15) is 72.1 Å². The van der Waals surface area contributed by atoms with E-state index in [1.165, 1.54) is 12.8 Å². The lowest BCUT2D eigenvalue weighted by molar-refractivity contribution is -0.152. The molecule has 2 nitrogen and oxygen atoms in total. The molecule has 0 saturated heterocycles. The van der Waals surface area contributed by atoms with Crippen LogP contribution < -0.4 is 0 Å². The van der Waals surface area contributed by atoms with Crippen molar-refractivity contribution in [1.29, 1.82) is 0 Å². The standard InChI is InChI=1S/C20H30O2/c1-12-10-13-11-14(21)6-8-19(13,2)16-7-9-20(3)15(18(12)16)4-5-17(20)22/h12-13,15-16,18H,4-11H2,1-3H3/t12-,13?,15+,16+,18+,19+,20+/m1/s1. The van der Waals surface area contributed by atoms with E-state index in [0.717, 1.165) is 50.4 Å². The third-order valence-electron chi connectivity index (χ3n) is 8.55. The fourth-order valence-electron chi connectivity index (χ4n) is 7.20. The number of hydrogen-bond donors (Lipinski definition) is 0. The number of ketones is 2. The van der Waals surface area contributed by atoms with Crippen LogP contribution in [0.15, 0.2) is 0 Å². The number of carbonyl (C=O) groups is 2. The summed E-state index contributed by atoms with van der Waals surface area (Å²) in [7, 11) is 0. The van der Waals surface area contributed by atoms with Crippen molar-refractivity contribution in [2.24, 2.45) is 40.4 Å². The van der Waals surface area contributed by atoms with Crippen LogP contribution in [0, 0.1) is 40.4 Å². The van der Waals surface area contributed by atoms with Crippen LogP contribution in [0.25, 0.3) is 0 Å². The Morgan fingerprint density at radius 2 is 1.77 bits per heavy atom. The maximum absolute atomic E-state index is 12.5. The topological polar surface area (TPSA) is 34.1 Å². The Hall–Kier alpha value is -0.660. The highest BCUT2D eigenvalue weighted by atomic mass is 16.1. The van der Waals surface area contributed by atoms with Crippen molar-refractivity contribution >= 4 is 11.6 Å². The van der Waals surface area contributed by atoms with Crippen molar-refractivity contribution in [1.82, 2.24) is 0 Å². The van der Waals surface area contributed by atoms with Crippen LogP contribution in [-0.4, -0.2) is 11.6 Å². The molecule has 0 amide bonds. The third-order valence-corrected chi connectivity index (χ3v) is 8.55. The second-order valence-corrected chi connectivity index (χ2v) is 9.37. The lowest BCUT2D eigenvalue weighted by atomic mass is 9.43. The van der Waals surface area contributed by atoms with E-state index in [1.807, 2.05) is 0 Å². The van der Waals surface area contributed by atoms with Crippen LogP contribution >= 0.6 is 0 Å². The molecule has 4 aliphatic carbocycles. The summed E-state index contributed by atoms with van der Waals surface area (Å²) in [6.45, 7) is 7.15. The van der Waals surface area contributed by atoms with E-state index in [2.05, 4.69) is 20.8 Å². The summed E-state index contributed by atoms with van der Waals surface area (Å²) in [6, 6.07) is 0. The van der Waals surface area contributed by atoms with Crippen molar-refractivity contribution in [3.05, 3.63) is 0 Å². The zero-order chi connectivity index (χ0) is 15.7. The molecular weight excluding hydrogens is 272 g/mol. The molecule has 4 fully saturated rings. The molecule has 0 radical (unpaired) electrons. The lowest BCUT2D eigenvalue weighted by Gasteiger charge is -2.61. The van der Waals surface area contributed by atoms with Gasteiger partial charge in [-0.2, -0.15) is 0 Å². The van der Waals surface area contributed by atoms with Gasteiger partial charge in [-0.05, 0) is 67.1 Å². The molecule has 1 unspecified atom stereocenters. The van der Waals surface area contributed by atoms with Gasteiger partial charge in [0, 0.05) is 24.7 Å². The van der Waals surface area contributed by atoms with Gasteiger partial charge in [-0.3, -0.25) is 9.59 Å². The molecular formula is C20H30O2. The van der Waals surface area contributed by atoms with Crippen LogP contribution in [0.5, 0.6) is 0 Å². The Bertz CT molecular complexity index is 524. The van der Waals surface area contributed by atoms with Gasteiger partial charge in [-0.15, -0.1) is 0 Å². The highest BCUT2D eigenvalue weighted by Gasteiger charge is 2.61. The van der Waals surface area contributed by atoms with Crippen LogP contribution in [-0.2, 0) is 9.59 Å². The molecule has 0 aromatic carbocycles. The summed E-state index contributed by atoms with van der Waals surface area (Å²) < 4.78 is 0. The molecule has 2 heteroatoms. The summed E-state index contributed by atoms with van der Waals surface area (Å²) in [4.78, 5) is 24.4. The SMILES string of the molecule is C[C@@H]1CC2CC(=O)CC[C@]2(C)[C@H]2CC[C@]3(C)C(=O)CC[C@H]3[C@H]12. The minimum Gasteiger partial charge on any atom is -0.300 e. The molecule has 0 spiro atoms. The van der Waals surface area contributed by atoms with Gasteiger partial charge in [0.25, 0.3) is 0 Å². The Morgan fingerprint density at radius 3 is 2.55 bits per heavy atom. The van der Waals surface area contributed by atoms with Crippen LogP contribution in [0.2, 0.25) is 0 Å². The van der Waals surface area contributed by atoms with E-state index in [4.69, 9.17) is 0 Å². The van der Waals surface area contributed by atoms with Gasteiger partial charge in [0.1, 0.15) is 11.6 Å². The first-order valence-electron chi connectivity index (χ1n) is 9.41. The zero-order valence-corrected chi connectivity index (χ0v) is 14.4. The Kier molecular flexibility index (Phi) is 3.17. The number of carbonyl (C=O) groups excluding carboxylic acids is 2. The average molecular weight is 302 g/mol. The molecule has 0 aromatic rings. The summed E-state index contributed by atoms with van der Waals surface area (Å²) >= 11 is 0. The van der Waals surface area contributed by atoms with Gasteiger partial charge in [-0.25, -0.2) is 0 Å². The molecule has 122 valence electrons. The predicted molar refractivity (Wildman–Crippen MR) is 86.3 cm³/mol. The lowest BCUT2D eigenvalue weighted by Crippen LogP contribution is -2.56. The maximum Gasteiger partial charge on any atom is 0.139 e. The smallest absolute Gasteiger partial charge is 0.139 e. The Morgan fingerprint density at radius 1 is 1.00 bits per heavy atom. The largest absolute Gasteiger partial charge is 0.300 e. The fraction of sp³-hybridized carbons (Fsp3) is 0.900. The van der Waals surface area contributed by atoms with E-state index < -0.39 is 0 Å². The van der Waals surface area contributed by atoms with Gasteiger partial charge >= 0.3 is 0 Å². The normalized spacial score (nSPS) is 54.6. The summed E-state index contributed by atoms with van der Waals surface area (Å²) in [5.74, 6) is 4.40. The molecule has 0 bridgehead atoms. The summed E-state index contributed by atoms with van der Waals surface area (Å²) in [5.41, 5.74) is 0.334. The second kappa shape index (κ2) is 4.68. The molecule has 7 atom stereocenters. The summed E-state index contributed by atoms with van der Waals surface area (Å²) in [6.07, 6.45) is 8.19. The van der Waals surface area contributed by atoms with Crippen molar-refractivity contribution in [2.45, 2.75) is 72.1 Å². The van der Waals surface area contributed by atoms with Crippen molar-refractivity contribution < 1.29 is 9.59 Å². The number of fused-ring (bicyclic) bond motifs is 5. The minimum atomic E-state index is -0.0247. The quantitative estimate of drug-likeness (QED) is 0.664. The molecule has 0 N–H and O–H groups in total. The number of rotatable bonds is 0. The molecule has 0 aliphatic heterocycles.